The Hall–Kier alpha value is -3.05. The third kappa shape index (κ3) is 50.2. The van der Waals surface area contributed by atoms with Gasteiger partial charge in [-0.1, -0.05) is 322 Å². The molecule has 2 aliphatic heterocycles. The molecule has 3 aliphatic rings. The van der Waals surface area contributed by atoms with Crippen LogP contribution in [0.2, 0.25) is 0 Å². The molecule has 2 heterocycles. The van der Waals surface area contributed by atoms with E-state index in [-0.39, 0.29) is 25.7 Å². The summed E-state index contributed by atoms with van der Waals surface area (Å²) in [5.41, 5.74) is 0. The van der Waals surface area contributed by atoms with Crippen molar-refractivity contribution in [2.45, 2.75) is 505 Å². The van der Waals surface area contributed by atoms with Gasteiger partial charge in [0.25, 0.3) is 0 Å². The number of esters is 4. The van der Waals surface area contributed by atoms with Crippen LogP contribution in [-0.2, 0) is 70.7 Å². The molecule has 0 amide bonds. The first-order valence-corrected chi connectivity index (χ1v) is 49.0. The molecule has 10 N–H and O–H groups in total. The molecular formula is C92H169O25P. The second-order valence-electron chi connectivity index (χ2n) is 34.1. The van der Waals surface area contributed by atoms with Crippen LogP contribution < -0.4 is 0 Å². The fourth-order valence-electron chi connectivity index (χ4n) is 15.7. The lowest BCUT2D eigenvalue weighted by molar-refractivity contribution is -0.360. The average Bonchev–Trinajstić information content (AvgIpc) is 0.753. The SMILES string of the molecule is CCCCCC/C=C\CCCCCCCCCC(=O)OCC(COP(=O)(O)OC1C(OC2OC(CO)C(O)C(O)C2O)C(O)C(O)C(OC(=O)CCCCCCCCC(C)CCCCCCCC)C1OC1OC(COC(=O)CCCCCCCCCCCCCCCCC)C(O)C(O)C1O)OC(=O)CCCCC/C=C\CCCCCCCC. The van der Waals surface area contributed by atoms with Crippen LogP contribution in [0.5, 0.6) is 0 Å². The Morgan fingerprint density at radius 3 is 1.11 bits per heavy atom. The van der Waals surface area contributed by atoms with Crippen LogP contribution in [0.25, 0.3) is 0 Å². The summed E-state index contributed by atoms with van der Waals surface area (Å²) in [6.07, 6.45) is 28.9. The van der Waals surface area contributed by atoms with Gasteiger partial charge in [0.05, 0.1) is 13.2 Å². The zero-order valence-electron chi connectivity index (χ0n) is 73.9. The Kier molecular flexibility index (Phi) is 64.9. The number of rotatable bonds is 76. The first-order chi connectivity index (χ1) is 57.1. The van der Waals surface area contributed by atoms with Crippen molar-refractivity contribution in [3.05, 3.63) is 24.3 Å². The van der Waals surface area contributed by atoms with Crippen molar-refractivity contribution in [1.29, 1.82) is 0 Å². The lowest BCUT2D eigenvalue weighted by atomic mass is 9.84. The number of aliphatic hydroxyl groups excluding tert-OH is 9. The van der Waals surface area contributed by atoms with Gasteiger partial charge in [0.2, 0.25) is 0 Å². The number of unbranched alkanes of at least 4 members (excludes halogenated alkanes) is 44. The molecule has 19 atom stereocenters. The fraction of sp³-hybridized carbons (Fsp3) is 0.913. The van der Waals surface area contributed by atoms with Gasteiger partial charge in [-0.25, -0.2) is 4.57 Å². The smallest absolute Gasteiger partial charge is 0.463 e. The second-order valence-corrected chi connectivity index (χ2v) is 35.6. The van der Waals surface area contributed by atoms with Crippen molar-refractivity contribution in [2.75, 3.05) is 26.4 Å². The minimum absolute atomic E-state index is 0.0166. The third-order valence-electron chi connectivity index (χ3n) is 23.3. The van der Waals surface area contributed by atoms with E-state index in [9.17, 15) is 74.6 Å². The molecule has 0 spiro atoms. The third-order valence-corrected chi connectivity index (χ3v) is 24.3. The molecule has 0 aromatic carbocycles. The highest BCUT2D eigenvalue weighted by atomic mass is 31.2. The summed E-state index contributed by atoms with van der Waals surface area (Å²) in [6.45, 7) is 7.86. The minimum atomic E-state index is -5.81. The second kappa shape index (κ2) is 70.2. The standard InChI is InChI=1S/C92H169O25P/c1-6-10-14-18-22-25-28-31-33-36-38-41-44-51-57-63-75(94)108-68-72(111-77(96)65-59-53-46-43-40-35-30-27-24-20-16-12-8-3)69-110-118(106,107)117-90-88(115-91-85(104)81(100)79(98)73(67-93)112-91)84(103)83(102)87(114-78(97)66-60-54-48-47-50-56-62-71(5)61-55-49-21-17-13-9-4)89(90)116-92-86(105)82(101)80(99)74(113-92)70-109-76(95)64-58-52-45-42-39-37-34-32-29-26-23-19-15-11-7-2/h25,28,35,40,71-74,79-93,98-105H,6-24,26-27,29-34,36-39,41-70H2,1-5H3,(H,106,107)/b28-25-,40-35-. The van der Waals surface area contributed by atoms with Gasteiger partial charge in [0, 0.05) is 25.7 Å². The summed E-state index contributed by atoms with van der Waals surface area (Å²) >= 11 is 0. The van der Waals surface area contributed by atoms with Crippen LogP contribution in [0.15, 0.2) is 24.3 Å². The molecule has 2 saturated heterocycles. The lowest BCUT2D eigenvalue weighted by Gasteiger charge is -2.50. The Morgan fingerprint density at radius 1 is 0.356 bits per heavy atom. The van der Waals surface area contributed by atoms with E-state index in [2.05, 4.69) is 58.9 Å². The first-order valence-electron chi connectivity index (χ1n) is 47.5. The highest BCUT2D eigenvalue weighted by Crippen LogP contribution is 2.49. The van der Waals surface area contributed by atoms with Crippen molar-refractivity contribution in [3.63, 3.8) is 0 Å². The van der Waals surface area contributed by atoms with Crippen molar-refractivity contribution in [3.8, 4) is 0 Å². The number of hydrogen-bond donors (Lipinski definition) is 10. The van der Waals surface area contributed by atoms with Gasteiger partial charge in [0.15, 0.2) is 24.8 Å². The summed E-state index contributed by atoms with van der Waals surface area (Å²) in [5.74, 6) is -2.36. The predicted octanol–water partition coefficient (Wildman–Crippen LogP) is 17.6. The Balaban J connectivity index is 1.93. The number of allylic oxidation sites excluding steroid dienone is 4. The van der Waals surface area contributed by atoms with E-state index in [0.29, 0.717) is 44.4 Å². The molecule has 1 aliphatic carbocycles. The number of carbonyl (C=O) groups is 4. The van der Waals surface area contributed by atoms with Gasteiger partial charge in [-0.05, 0) is 83.0 Å². The van der Waals surface area contributed by atoms with E-state index in [4.69, 9.17) is 46.9 Å². The minimum Gasteiger partial charge on any atom is -0.463 e. The average molecular weight is 1710 g/mol. The van der Waals surface area contributed by atoms with Crippen molar-refractivity contribution in [1.82, 2.24) is 0 Å². The summed E-state index contributed by atoms with van der Waals surface area (Å²) in [4.78, 5) is 66.5. The van der Waals surface area contributed by atoms with Gasteiger partial charge in [-0.2, -0.15) is 0 Å². The quantitative estimate of drug-likeness (QED) is 0.00889. The Labute approximate surface area is 711 Å². The molecule has 19 unspecified atom stereocenters. The van der Waals surface area contributed by atoms with E-state index in [1.54, 1.807) is 0 Å². The highest BCUT2D eigenvalue weighted by molar-refractivity contribution is 7.47. The molecule has 3 rings (SSSR count). The van der Waals surface area contributed by atoms with Crippen molar-refractivity contribution >= 4 is 31.7 Å². The monoisotopic (exact) mass is 1710 g/mol. The number of aliphatic hydroxyl groups is 9. The number of ether oxygens (including phenoxy) is 8. The van der Waals surface area contributed by atoms with Crippen LogP contribution in [-0.4, -0.2) is 205 Å². The van der Waals surface area contributed by atoms with Gasteiger partial charge in [0.1, 0.15) is 92.6 Å². The molecule has 692 valence electrons. The molecule has 0 aromatic rings. The van der Waals surface area contributed by atoms with Crippen molar-refractivity contribution in [2.24, 2.45) is 5.92 Å². The number of phosphoric acid groups is 1. The molecule has 26 heteroatoms. The summed E-state index contributed by atoms with van der Waals surface area (Å²) in [7, 11) is -5.81. The summed E-state index contributed by atoms with van der Waals surface area (Å²) in [5, 5.41) is 102. The van der Waals surface area contributed by atoms with E-state index in [1.807, 2.05) is 0 Å². The van der Waals surface area contributed by atoms with Crippen LogP contribution in [0.1, 0.15) is 401 Å². The number of carbonyl (C=O) groups excluding carboxylic acids is 4. The van der Waals surface area contributed by atoms with Crippen LogP contribution in [0, 0.1) is 5.92 Å². The van der Waals surface area contributed by atoms with Crippen LogP contribution in [0.3, 0.4) is 0 Å². The maximum atomic E-state index is 14.9. The molecular weight excluding hydrogens is 1540 g/mol. The van der Waals surface area contributed by atoms with E-state index >= 15 is 0 Å². The molecule has 0 bridgehead atoms. The van der Waals surface area contributed by atoms with Crippen LogP contribution in [0.4, 0.5) is 0 Å². The van der Waals surface area contributed by atoms with Gasteiger partial charge in [-0.3, -0.25) is 28.2 Å². The van der Waals surface area contributed by atoms with Crippen LogP contribution >= 0.6 is 7.82 Å². The summed E-state index contributed by atoms with van der Waals surface area (Å²) < 4.78 is 73.5. The normalized spacial score (nSPS) is 25.3. The van der Waals surface area contributed by atoms with E-state index in [1.165, 1.54) is 161 Å². The molecule has 3 fully saturated rings. The predicted molar refractivity (Wildman–Crippen MR) is 458 cm³/mol. The van der Waals surface area contributed by atoms with Gasteiger partial charge >= 0.3 is 31.7 Å². The topological polar surface area (TPSA) is 380 Å². The molecule has 0 radical (unpaired) electrons. The Bertz CT molecular complexity index is 2570. The fourth-order valence-corrected chi connectivity index (χ4v) is 16.6. The van der Waals surface area contributed by atoms with E-state index < -0.39 is 162 Å². The molecule has 25 nitrogen and oxygen atoms in total. The maximum Gasteiger partial charge on any atom is 0.472 e. The lowest BCUT2D eigenvalue weighted by Crippen LogP contribution is -2.70. The Morgan fingerprint density at radius 2 is 0.686 bits per heavy atom. The largest absolute Gasteiger partial charge is 0.472 e. The van der Waals surface area contributed by atoms with Gasteiger partial charge in [-0.15, -0.1) is 0 Å². The van der Waals surface area contributed by atoms with Crippen molar-refractivity contribution < 1.29 is 122 Å². The molecule has 0 aromatic heterocycles. The molecule has 118 heavy (non-hydrogen) atoms. The molecule has 1 saturated carbocycles. The highest BCUT2D eigenvalue weighted by Gasteiger charge is 2.60. The van der Waals surface area contributed by atoms with Gasteiger partial charge < -0.3 is 88.7 Å². The van der Waals surface area contributed by atoms with E-state index in [0.717, 1.165) is 141 Å². The first kappa shape index (κ1) is 109. The number of phosphoric ester groups is 1. The zero-order valence-corrected chi connectivity index (χ0v) is 74.8. The summed E-state index contributed by atoms with van der Waals surface area (Å²) in [6, 6.07) is 0. The zero-order chi connectivity index (χ0) is 86.2. The number of hydrogen-bond acceptors (Lipinski definition) is 24. The maximum absolute atomic E-state index is 14.9.